The number of nitrogens with zero attached hydrogens (tertiary/aromatic N) is 4. The molecule has 1 aliphatic heterocycles. The minimum Gasteiger partial charge on any atom is -0.453 e. The molecule has 34 heavy (non-hydrogen) atoms. The molecule has 0 bridgehead atoms. The van der Waals surface area contributed by atoms with E-state index in [1.54, 1.807) is 30.6 Å². The molecule has 2 heterocycles. The minimum absolute atomic E-state index is 0.0599. The van der Waals surface area contributed by atoms with Gasteiger partial charge in [0, 0.05) is 44.3 Å². The van der Waals surface area contributed by atoms with Gasteiger partial charge in [0.2, 0.25) is 17.8 Å². The molecule has 0 saturated carbocycles. The van der Waals surface area contributed by atoms with E-state index < -0.39 is 12.1 Å². The maximum absolute atomic E-state index is 12.8. The van der Waals surface area contributed by atoms with Crippen molar-refractivity contribution in [1.82, 2.24) is 20.2 Å². The average molecular weight is 469 g/mol. The van der Waals surface area contributed by atoms with E-state index in [-0.39, 0.29) is 24.2 Å². The van der Waals surface area contributed by atoms with Gasteiger partial charge in [-0.15, -0.1) is 0 Å². The molecule has 3 rings (SSSR count). The molecular formula is C24H32N6O4. The number of carbonyl (C=O) groups is 3. The first-order valence-corrected chi connectivity index (χ1v) is 11.4. The summed E-state index contributed by atoms with van der Waals surface area (Å²) < 4.78 is 4.62. The number of aromatic nitrogens is 2. The molecule has 2 aromatic rings. The van der Waals surface area contributed by atoms with Crippen LogP contribution in [0.1, 0.15) is 25.8 Å². The van der Waals surface area contributed by atoms with Crippen molar-refractivity contribution >= 4 is 29.5 Å². The number of ether oxygens (including phenoxy) is 1. The monoisotopic (exact) mass is 468 g/mol. The molecule has 10 heteroatoms. The Balaban J connectivity index is 1.50. The summed E-state index contributed by atoms with van der Waals surface area (Å²) >= 11 is 0. The number of nitrogens with one attached hydrogen (secondary N) is 2. The van der Waals surface area contributed by atoms with Crippen molar-refractivity contribution in [3.05, 3.63) is 48.3 Å². The van der Waals surface area contributed by atoms with E-state index in [4.69, 9.17) is 0 Å². The lowest BCUT2D eigenvalue weighted by atomic mass is 10.0. The van der Waals surface area contributed by atoms with Crippen molar-refractivity contribution in [2.45, 2.75) is 32.7 Å². The van der Waals surface area contributed by atoms with E-state index in [0.29, 0.717) is 44.2 Å². The summed E-state index contributed by atoms with van der Waals surface area (Å²) in [5.41, 5.74) is 1.46. The van der Waals surface area contributed by atoms with Crippen LogP contribution in [0.25, 0.3) is 0 Å². The lowest BCUT2D eigenvalue weighted by Gasteiger charge is -2.34. The number of anilines is 2. The van der Waals surface area contributed by atoms with Crippen LogP contribution in [0.2, 0.25) is 0 Å². The highest BCUT2D eigenvalue weighted by Gasteiger charge is 2.24. The largest absolute Gasteiger partial charge is 0.453 e. The third kappa shape index (κ3) is 7.16. The predicted octanol–water partition coefficient (Wildman–Crippen LogP) is 2.08. The Morgan fingerprint density at radius 1 is 1.03 bits per heavy atom. The van der Waals surface area contributed by atoms with Gasteiger partial charge in [-0.05, 0) is 36.1 Å². The molecule has 1 aromatic carbocycles. The number of hydrogen-bond donors (Lipinski definition) is 2. The van der Waals surface area contributed by atoms with Crippen LogP contribution in [0, 0.1) is 5.92 Å². The van der Waals surface area contributed by atoms with Crippen LogP contribution < -0.4 is 15.5 Å². The summed E-state index contributed by atoms with van der Waals surface area (Å²) in [4.78, 5) is 49.4. The smallest absolute Gasteiger partial charge is 0.407 e. The highest BCUT2D eigenvalue weighted by Crippen LogP contribution is 2.15. The summed E-state index contributed by atoms with van der Waals surface area (Å²) in [6.45, 7) is 6.57. The van der Waals surface area contributed by atoms with Gasteiger partial charge in [-0.3, -0.25) is 9.59 Å². The second kappa shape index (κ2) is 12.0. The molecule has 1 unspecified atom stereocenters. The van der Waals surface area contributed by atoms with Crippen LogP contribution in [-0.2, 0) is 20.7 Å². The number of rotatable bonds is 8. The standard InChI is InChI=1S/C24H32N6O4/c1-17(2)15-20(28-24(33)34-3)22(32)27-19-7-5-18(6-8-19)16-21(31)29-11-13-30(14-12-29)23-25-9-4-10-26-23/h4-10,17,20H,11-16H2,1-3H3,(H,27,32)(H,28,33). The normalized spacial score (nSPS) is 14.5. The molecule has 10 nitrogen and oxygen atoms in total. The molecule has 0 spiro atoms. The molecule has 1 saturated heterocycles. The quantitative estimate of drug-likeness (QED) is 0.609. The van der Waals surface area contributed by atoms with Crippen LogP contribution in [0.15, 0.2) is 42.7 Å². The summed E-state index contributed by atoms with van der Waals surface area (Å²) in [7, 11) is 1.26. The Morgan fingerprint density at radius 2 is 1.68 bits per heavy atom. The van der Waals surface area contributed by atoms with Crippen LogP contribution in [0.3, 0.4) is 0 Å². The number of alkyl carbamates (subject to hydrolysis) is 1. The summed E-state index contributed by atoms with van der Waals surface area (Å²) in [6.07, 6.45) is 3.55. The Kier molecular flexibility index (Phi) is 8.78. The van der Waals surface area contributed by atoms with Crippen LogP contribution in [-0.4, -0.2) is 72.1 Å². The van der Waals surface area contributed by atoms with E-state index in [1.165, 1.54) is 7.11 Å². The first-order valence-electron chi connectivity index (χ1n) is 11.4. The summed E-state index contributed by atoms with van der Waals surface area (Å²) in [5.74, 6) is 0.640. The fourth-order valence-electron chi connectivity index (χ4n) is 3.74. The van der Waals surface area contributed by atoms with Crippen molar-refractivity contribution in [2.75, 3.05) is 43.5 Å². The Bertz CT molecular complexity index is 959. The summed E-state index contributed by atoms with van der Waals surface area (Å²) in [5, 5.41) is 5.39. The average Bonchev–Trinajstić information content (AvgIpc) is 2.85. The first-order chi connectivity index (χ1) is 16.4. The van der Waals surface area contributed by atoms with Gasteiger partial charge in [-0.25, -0.2) is 14.8 Å². The zero-order valence-corrected chi connectivity index (χ0v) is 19.9. The molecule has 0 aliphatic carbocycles. The van der Waals surface area contributed by atoms with Gasteiger partial charge in [-0.2, -0.15) is 0 Å². The van der Waals surface area contributed by atoms with E-state index >= 15 is 0 Å². The zero-order chi connectivity index (χ0) is 24.5. The highest BCUT2D eigenvalue weighted by atomic mass is 16.5. The molecule has 1 atom stereocenters. The lowest BCUT2D eigenvalue weighted by molar-refractivity contribution is -0.130. The number of amides is 3. The van der Waals surface area contributed by atoms with Gasteiger partial charge in [0.05, 0.1) is 13.5 Å². The number of hydrogen-bond acceptors (Lipinski definition) is 7. The maximum Gasteiger partial charge on any atom is 0.407 e. The lowest BCUT2D eigenvalue weighted by Crippen LogP contribution is -2.49. The van der Waals surface area contributed by atoms with E-state index in [0.717, 1.165) is 5.56 Å². The Morgan fingerprint density at radius 3 is 2.26 bits per heavy atom. The Labute approximate surface area is 199 Å². The van der Waals surface area contributed by atoms with Crippen LogP contribution in [0.5, 0.6) is 0 Å². The zero-order valence-electron chi connectivity index (χ0n) is 19.9. The highest BCUT2D eigenvalue weighted by molar-refractivity contribution is 5.96. The van der Waals surface area contributed by atoms with Gasteiger partial charge < -0.3 is 25.2 Å². The molecule has 1 fully saturated rings. The van der Waals surface area contributed by atoms with E-state index in [1.807, 2.05) is 30.9 Å². The number of benzene rings is 1. The minimum atomic E-state index is -0.700. The fraction of sp³-hybridized carbons (Fsp3) is 0.458. The third-order valence-electron chi connectivity index (χ3n) is 5.55. The van der Waals surface area contributed by atoms with Crippen molar-refractivity contribution in [1.29, 1.82) is 0 Å². The topological polar surface area (TPSA) is 117 Å². The summed E-state index contributed by atoms with van der Waals surface area (Å²) in [6, 6.07) is 8.25. The second-order valence-corrected chi connectivity index (χ2v) is 8.60. The van der Waals surface area contributed by atoms with E-state index in [9.17, 15) is 14.4 Å². The molecular weight excluding hydrogens is 436 g/mol. The van der Waals surface area contributed by atoms with Crippen LogP contribution >= 0.6 is 0 Å². The van der Waals surface area contributed by atoms with Gasteiger partial charge in [0.25, 0.3) is 0 Å². The number of piperazine rings is 1. The second-order valence-electron chi connectivity index (χ2n) is 8.60. The molecule has 3 amide bonds. The molecule has 0 radical (unpaired) electrons. The first kappa shape index (κ1) is 24.9. The molecule has 1 aliphatic rings. The van der Waals surface area contributed by atoms with Crippen molar-refractivity contribution < 1.29 is 19.1 Å². The molecule has 182 valence electrons. The van der Waals surface area contributed by atoms with Gasteiger partial charge in [0.15, 0.2) is 0 Å². The SMILES string of the molecule is COC(=O)NC(CC(C)C)C(=O)Nc1ccc(CC(=O)N2CCN(c3ncccn3)CC2)cc1. The predicted molar refractivity (Wildman–Crippen MR) is 128 cm³/mol. The third-order valence-corrected chi connectivity index (χ3v) is 5.55. The van der Waals surface area contributed by atoms with Gasteiger partial charge in [-0.1, -0.05) is 26.0 Å². The number of methoxy groups -OCH3 is 1. The number of carbonyl (C=O) groups excluding carboxylic acids is 3. The maximum atomic E-state index is 12.8. The van der Waals surface area contributed by atoms with Gasteiger partial charge >= 0.3 is 6.09 Å². The van der Waals surface area contributed by atoms with E-state index in [2.05, 4.69) is 30.2 Å². The molecule has 2 N–H and O–H groups in total. The van der Waals surface area contributed by atoms with Crippen molar-refractivity contribution in [3.8, 4) is 0 Å². The van der Waals surface area contributed by atoms with Crippen molar-refractivity contribution in [2.24, 2.45) is 5.92 Å². The van der Waals surface area contributed by atoms with Crippen molar-refractivity contribution in [3.63, 3.8) is 0 Å². The van der Waals surface area contributed by atoms with Crippen LogP contribution in [0.4, 0.5) is 16.4 Å². The van der Waals surface area contributed by atoms with Gasteiger partial charge in [0.1, 0.15) is 6.04 Å². The Hall–Kier alpha value is -3.69. The molecule has 1 aromatic heterocycles. The fourth-order valence-corrected chi connectivity index (χ4v) is 3.74.